The SMILES string of the molecule is COC(C)C(=O)NC(C)(C)C(C)(C)O. The fourth-order valence-corrected chi connectivity index (χ4v) is 0.670. The molecule has 0 aromatic carbocycles. The lowest BCUT2D eigenvalue weighted by Gasteiger charge is -2.38. The third kappa shape index (κ3) is 3.27. The Kier molecular flexibility index (Phi) is 4.09. The number of hydrogen-bond donors (Lipinski definition) is 2. The third-order valence-electron chi connectivity index (χ3n) is 2.69. The summed E-state index contributed by atoms with van der Waals surface area (Å²) in [7, 11) is 1.47. The fraction of sp³-hybridized carbons (Fsp3) is 0.900. The highest BCUT2D eigenvalue weighted by Crippen LogP contribution is 2.20. The van der Waals surface area contributed by atoms with Crippen molar-refractivity contribution in [2.24, 2.45) is 0 Å². The maximum absolute atomic E-state index is 11.5. The second-order valence-corrected chi connectivity index (χ2v) is 4.55. The maximum atomic E-state index is 11.5. The molecule has 0 aliphatic carbocycles. The Morgan fingerprint density at radius 2 is 1.79 bits per heavy atom. The molecule has 1 atom stereocenters. The zero-order valence-corrected chi connectivity index (χ0v) is 9.84. The molecular weight excluding hydrogens is 182 g/mol. The van der Waals surface area contributed by atoms with Crippen LogP contribution < -0.4 is 5.32 Å². The van der Waals surface area contributed by atoms with Crippen molar-refractivity contribution in [2.75, 3.05) is 7.11 Å². The molecule has 84 valence electrons. The lowest BCUT2D eigenvalue weighted by Crippen LogP contribution is -2.59. The van der Waals surface area contributed by atoms with Crippen molar-refractivity contribution in [1.29, 1.82) is 0 Å². The summed E-state index contributed by atoms with van der Waals surface area (Å²) in [5, 5.41) is 12.5. The molecule has 0 aromatic heterocycles. The Balaban J connectivity index is 4.45. The van der Waals surface area contributed by atoms with Crippen molar-refractivity contribution < 1.29 is 14.6 Å². The standard InChI is InChI=1S/C10H21NO3/c1-7(14-6)8(12)11-9(2,3)10(4,5)13/h7,13H,1-6H3,(H,11,12). The van der Waals surface area contributed by atoms with Gasteiger partial charge in [0, 0.05) is 7.11 Å². The van der Waals surface area contributed by atoms with Crippen molar-refractivity contribution in [3.8, 4) is 0 Å². The van der Waals surface area contributed by atoms with Crippen molar-refractivity contribution in [2.45, 2.75) is 51.9 Å². The number of ether oxygens (including phenoxy) is 1. The molecule has 0 fully saturated rings. The van der Waals surface area contributed by atoms with E-state index in [1.54, 1.807) is 34.6 Å². The zero-order chi connectivity index (χ0) is 11.6. The van der Waals surface area contributed by atoms with Gasteiger partial charge in [0.05, 0.1) is 11.1 Å². The van der Waals surface area contributed by atoms with Gasteiger partial charge in [0.1, 0.15) is 6.10 Å². The van der Waals surface area contributed by atoms with Crippen molar-refractivity contribution in [1.82, 2.24) is 5.32 Å². The highest BCUT2D eigenvalue weighted by atomic mass is 16.5. The van der Waals surface area contributed by atoms with Crippen molar-refractivity contribution in [3.05, 3.63) is 0 Å². The van der Waals surface area contributed by atoms with E-state index < -0.39 is 17.2 Å². The van der Waals surface area contributed by atoms with Crippen LogP contribution in [0.15, 0.2) is 0 Å². The highest BCUT2D eigenvalue weighted by Gasteiger charge is 2.37. The van der Waals surface area contributed by atoms with E-state index in [-0.39, 0.29) is 5.91 Å². The van der Waals surface area contributed by atoms with Gasteiger partial charge in [0.2, 0.25) is 5.91 Å². The predicted octanol–water partition coefficient (Wildman–Crippen LogP) is 0.687. The smallest absolute Gasteiger partial charge is 0.249 e. The van der Waals surface area contributed by atoms with Gasteiger partial charge in [-0.15, -0.1) is 0 Å². The Morgan fingerprint density at radius 3 is 2.07 bits per heavy atom. The van der Waals surface area contributed by atoms with Crippen LogP contribution >= 0.6 is 0 Å². The lowest BCUT2D eigenvalue weighted by atomic mass is 9.86. The first kappa shape index (κ1) is 13.4. The summed E-state index contributed by atoms with van der Waals surface area (Å²) in [5.41, 5.74) is -1.66. The van der Waals surface area contributed by atoms with E-state index in [0.29, 0.717) is 0 Å². The van der Waals surface area contributed by atoms with E-state index in [1.165, 1.54) is 7.11 Å². The molecular formula is C10H21NO3. The summed E-state index contributed by atoms with van der Waals surface area (Å²) in [4.78, 5) is 11.5. The van der Waals surface area contributed by atoms with Gasteiger partial charge in [0.15, 0.2) is 0 Å². The molecule has 1 unspecified atom stereocenters. The molecule has 0 saturated carbocycles. The van der Waals surface area contributed by atoms with Crippen LogP contribution in [0.3, 0.4) is 0 Å². The first-order valence-electron chi connectivity index (χ1n) is 4.69. The highest BCUT2D eigenvalue weighted by molar-refractivity contribution is 5.81. The largest absolute Gasteiger partial charge is 0.388 e. The Hall–Kier alpha value is -0.610. The number of carbonyl (C=O) groups excluding carboxylic acids is 1. The van der Waals surface area contributed by atoms with Crippen LogP contribution in [0.5, 0.6) is 0 Å². The molecule has 0 aromatic rings. The minimum absolute atomic E-state index is 0.223. The third-order valence-corrected chi connectivity index (χ3v) is 2.69. The zero-order valence-electron chi connectivity index (χ0n) is 9.84. The van der Waals surface area contributed by atoms with Crippen LogP contribution in [0, 0.1) is 0 Å². The number of aliphatic hydroxyl groups is 1. The molecule has 0 radical (unpaired) electrons. The summed E-state index contributed by atoms with van der Waals surface area (Å²) in [6.07, 6.45) is -0.503. The van der Waals surface area contributed by atoms with Gasteiger partial charge in [-0.3, -0.25) is 4.79 Å². The summed E-state index contributed by atoms with van der Waals surface area (Å²) in [5.74, 6) is -0.223. The van der Waals surface area contributed by atoms with Gasteiger partial charge in [-0.05, 0) is 34.6 Å². The number of nitrogens with one attached hydrogen (secondary N) is 1. The Bertz CT molecular complexity index is 206. The maximum Gasteiger partial charge on any atom is 0.249 e. The van der Waals surface area contributed by atoms with E-state index in [2.05, 4.69) is 5.32 Å². The second kappa shape index (κ2) is 4.28. The van der Waals surface area contributed by atoms with Gasteiger partial charge in [-0.2, -0.15) is 0 Å². The van der Waals surface area contributed by atoms with Crippen LogP contribution in [0.25, 0.3) is 0 Å². The van der Waals surface area contributed by atoms with Gasteiger partial charge in [-0.25, -0.2) is 0 Å². The lowest BCUT2D eigenvalue weighted by molar-refractivity contribution is -0.135. The van der Waals surface area contributed by atoms with E-state index in [1.807, 2.05) is 0 Å². The quantitative estimate of drug-likeness (QED) is 0.706. The van der Waals surface area contributed by atoms with Crippen molar-refractivity contribution in [3.63, 3.8) is 0 Å². The average Bonchev–Trinajstić information content (AvgIpc) is 2.00. The monoisotopic (exact) mass is 203 g/mol. The number of hydrogen-bond acceptors (Lipinski definition) is 3. The van der Waals surface area contributed by atoms with Crippen LogP contribution in [0.2, 0.25) is 0 Å². The summed E-state index contributed by atoms with van der Waals surface area (Å²) < 4.78 is 4.88. The molecule has 0 bridgehead atoms. The molecule has 4 heteroatoms. The number of rotatable bonds is 4. The molecule has 0 saturated heterocycles. The van der Waals surface area contributed by atoms with Crippen LogP contribution in [-0.2, 0) is 9.53 Å². The van der Waals surface area contributed by atoms with E-state index in [0.717, 1.165) is 0 Å². The molecule has 0 rings (SSSR count). The first-order chi connectivity index (χ1) is 6.12. The predicted molar refractivity (Wildman–Crippen MR) is 55.0 cm³/mol. The molecule has 1 amide bonds. The minimum Gasteiger partial charge on any atom is -0.388 e. The molecule has 0 heterocycles. The molecule has 2 N–H and O–H groups in total. The van der Waals surface area contributed by atoms with E-state index >= 15 is 0 Å². The van der Waals surface area contributed by atoms with Gasteiger partial charge in [0.25, 0.3) is 0 Å². The van der Waals surface area contributed by atoms with Crippen LogP contribution in [0.4, 0.5) is 0 Å². The first-order valence-corrected chi connectivity index (χ1v) is 4.69. The summed E-state index contributed by atoms with van der Waals surface area (Å²) >= 11 is 0. The molecule has 4 nitrogen and oxygen atoms in total. The molecule has 14 heavy (non-hydrogen) atoms. The number of amides is 1. The van der Waals surface area contributed by atoms with E-state index in [4.69, 9.17) is 4.74 Å². The summed E-state index contributed by atoms with van der Waals surface area (Å²) in [6.45, 7) is 8.52. The average molecular weight is 203 g/mol. The second-order valence-electron chi connectivity index (χ2n) is 4.55. The van der Waals surface area contributed by atoms with E-state index in [9.17, 15) is 9.90 Å². The van der Waals surface area contributed by atoms with Gasteiger partial charge in [-0.1, -0.05) is 0 Å². The topological polar surface area (TPSA) is 58.6 Å². The molecule has 0 aliphatic heterocycles. The Morgan fingerprint density at radius 1 is 1.36 bits per heavy atom. The fourth-order valence-electron chi connectivity index (χ4n) is 0.670. The van der Waals surface area contributed by atoms with Gasteiger partial charge >= 0.3 is 0 Å². The van der Waals surface area contributed by atoms with Crippen molar-refractivity contribution >= 4 is 5.91 Å². The van der Waals surface area contributed by atoms with Gasteiger partial charge < -0.3 is 15.2 Å². The number of carbonyl (C=O) groups is 1. The minimum atomic E-state index is -0.976. The molecule has 0 aliphatic rings. The molecule has 0 spiro atoms. The number of methoxy groups -OCH3 is 1. The Labute approximate surface area is 85.6 Å². The van der Waals surface area contributed by atoms with Crippen LogP contribution in [-0.4, -0.2) is 35.4 Å². The summed E-state index contributed by atoms with van der Waals surface area (Å²) in [6, 6.07) is 0. The normalized spacial score (nSPS) is 15.1. The van der Waals surface area contributed by atoms with Crippen LogP contribution in [0.1, 0.15) is 34.6 Å².